The lowest BCUT2D eigenvalue weighted by molar-refractivity contribution is -0.126. The molecule has 9 heteroatoms. The third-order valence-electron chi connectivity index (χ3n) is 5.70. The second-order valence-electron chi connectivity index (χ2n) is 7.80. The topological polar surface area (TPSA) is 69.3 Å². The second kappa shape index (κ2) is 10.3. The van der Waals surface area contributed by atoms with Crippen molar-refractivity contribution in [2.45, 2.75) is 6.92 Å². The molecule has 2 aromatic carbocycles. The number of aromatic nitrogens is 1. The zero-order valence-corrected chi connectivity index (χ0v) is 20.1. The molecule has 3 aromatic rings. The lowest BCUT2D eigenvalue weighted by Crippen LogP contribution is -2.49. The average Bonchev–Trinajstić information content (AvgIpc) is 3.15. The van der Waals surface area contributed by atoms with Crippen LogP contribution in [0.15, 0.2) is 53.3 Å². The van der Waals surface area contributed by atoms with Crippen LogP contribution in [0.2, 0.25) is 5.02 Å². The fraction of sp³-hybridized carbons (Fsp3) is 0.240. The number of benzene rings is 2. The summed E-state index contributed by atoms with van der Waals surface area (Å²) < 4.78 is 15.4. The number of carbonyl (C=O) groups excluding carboxylic acids is 1. The van der Waals surface area contributed by atoms with E-state index in [1.807, 2.05) is 6.07 Å². The Morgan fingerprint density at radius 1 is 1.18 bits per heavy atom. The van der Waals surface area contributed by atoms with Gasteiger partial charge in [-0.15, -0.1) is 11.3 Å². The van der Waals surface area contributed by atoms with Gasteiger partial charge in [-0.1, -0.05) is 30.7 Å². The highest BCUT2D eigenvalue weighted by molar-refractivity contribution is 7.07. The fourth-order valence-electron chi connectivity index (χ4n) is 3.83. The van der Waals surface area contributed by atoms with Crippen molar-refractivity contribution in [2.24, 2.45) is 0 Å². The van der Waals surface area contributed by atoms with Crippen molar-refractivity contribution in [3.63, 3.8) is 0 Å². The standard InChI is InChI=1S/C25H22ClFN4O2S/c1-2-29-10-12-30(13-11-29)23(32)21(16-28)25-31(20-8-6-19(27)7-9-20)24(33)22(34-25)15-17-4-3-5-18(26)14-17/h3-9,14-15H,2,10-13H2,1H3/b22-15-,25-21-. The van der Waals surface area contributed by atoms with E-state index in [9.17, 15) is 19.2 Å². The van der Waals surface area contributed by atoms with E-state index >= 15 is 0 Å². The molecule has 0 bridgehead atoms. The number of amides is 1. The molecule has 6 nitrogen and oxygen atoms in total. The van der Waals surface area contributed by atoms with Crippen molar-refractivity contribution in [2.75, 3.05) is 32.7 Å². The number of hydrogen-bond acceptors (Lipinski definition) is 5. The summed E-state index contributed by atoms with van der Waals surface area (Å²) in [4.78, 5) is 30.6. The zero-order chi connectivity index (χ0) is 24.2. The Bertz CT molecular complexity index is 1430. The summed E-state index contributed by atoms with van der Waals surface area (Å²) in [6.45, 7) is 5.43. The fourth-order valence-corrected chi connectivity index (χ4v) is 5.13. The van der Waals surface area contributed by atoms with Gasteiger partial charge in [0.1, 0.15) is 16.5 Å². The SMILES string of the molecule is CCN1CCN(C(=O)/C(C#N)=c2\s/c(=C\c3cccc(Cl)c3)c(=O)n2-c2ccc(F)cc2)CC1. The minimum Gasteiger partial charge on any atom is -0.335 e. The van der Waals surface area contributed by atoms with Crippen LogP contribution in [-0.4, -0.2) is 53.0 Å². The normalized spacial score (nSPS) is 15.8. The molecule has 34 heavy (non-hydrogen) atoms. The molecule has 0 atom stereocenters. The number of rotatable bonds is 4. The van der Waals surface area contributed by atoms with Crippen molar-refractivity contribution in [3.05, 3.63) is 84.5 Å². The minimum atomic E-state index is -0.450. The van der Waals surface area contributed by atoms with Gasteiger partial charge in [0, 0.05) is 31.2 Å². The molecule has 0 unspecified atom stereocenters. The summed E-state index contributed by atoms with van der Waals surface area (Å²) in [6.07, 6.45) is 1.67. The Hall–Kier alpha value is -3.25. The smallest absolute Gasteiger partial charge is 0.273 e. The van der Waals surface area contributed by atoms with Crippen molar-refractivity contribution in [1.29, 1.82) is 5.26 Å². The molecular weight excluding hydrogens is 475 g/mol. The zero-order valence-electron chi connectivity index (χ0n) is 18.5. The Labute approximate surface area is 205 Å². The van der Waals surface area contributed by atoms with E-state index in [2.05, 4.69) is 11.8 Å². The third kappa shape index (κ3) is 4.97. The molecule has 0 saturated carbocycles. The molecule has 1 aliphatic heterocycles. The van der Waals surface area contributed by atoms with Crippen LogP contribution in [0.25, 0.3) is 17.3 Å². The van der Waals surface area contributed by atoms with Crippen molar-refractivity contribution >= 4 is 40.5 Å². The summed E-state index contributed by atoms with van der Waals surface area (Å²) in [5, 5.41) is 10.5. The number of halogens is 2. The van der Waals surface area contributed by atoms with Gasteiger partial charge < -0.3 is 9.80 Å². The first kappa shape index (κ1) is 23.9. The maximum absolute atomic E-state index is 13.6. The summed E-state index contributed by atoms with van der Waals surface area (Å²) in [5.74, 6) is -0.863. The maximum atomic E-state index is 13.6. The Kier molecular flexibility index (Phi) is 7.27. The Balaban J connectivity index is 1.92. The molecule has 174 valence electrons. The van der Waals surface area contributed by atoms with Crippen LogP contribution in [0.5, 0.6) is 0 Å². The van der Waals surface area contributed by atoms with Gasteiger partial charge in [0.25, 0.3) is 11.5 Å². The molecule has 1 fully saturated rings. The van der Waals surface area contributed by atoms with Crippen LogP contribution in [0.3, 0.4) is 0 Å². The maximum Gasteiger partial charge on any atom is 0.273 e. The van der Waals surface area contributed by atoms with Gasteiger partial charge in [-0.3, -0.25) is 14.2 Å². The van der Waals surface area contributed by atoms with E-state index in [-0.39, 0.29) is 10.2 Å². The van der Waals surface area contributed by atoms with Crippen LogP contribution in [-0.2, 0) is 4.79 Å². The summed E-state index contributed by atoms with van der Waals surface area (Å²) in [5.41, 5.74) is 0.578. The van der Waals surface area contributed by atoms with Gasteiger partial charge in [0.15, 0.2) is 5.57 Å². The molecule has 1 aliphatic rings. The van der Waals surface area contributed by atoms with E-state index < -0.39 is 17.3 Å². The van der Waals surface area contributed by atoms with Crippen LogP contribution in [0.4, 0.5) is 4.39 Å². The van der Waals surface area contributed by atoms with Gasteiger partial charge >= 0.3 is 0 Å². The van der Waals surface area contributed by atoms with E-state index in [4.69, 9.17) is 11.6 Å². The lowest BCUT2D eigenvalue weighted by atomic mass is 10.2. The number of nitriles is 1. The summed E-state index contributed by atoms with van der Waals surface area (Å²) in [7, 11) is 0. The van der Waals surface area contributed by atoms with Gasteiger partial charge in [0.2, 0.25) is 0 Å². The van der Waals surface area contributed by atoms with Crippen LogP contribution in [0, 0.1) is 17.1 Å². The predicted octanol–water partition coefficient (Wildman–Crippen LogP) is 2.36. The monoisotopic (exact) mass is 496 g/mol. The molecule has 0 spiro atoms. The van der Waals surface area contributed by atoms with E-state index in [0.717, 1.165) is 31.0 Å². The molecule has 0 N–H and O–H groups in total. The first-order valence-corrected chi connectivity index (χ1v) is 12.0. The van der Waals surface area contributed by atoms with Crippen LogP contribution < -0.4 is 14.8 Å². The highest BCUT2D eigenvalue weighted by Gasteiger charge is 2.25. The first-order valence-electron chi connectivity index (χ1n) is 10.8. The number of likely N-dealkylation sites (N-methyl/N-ethyl adjacent to an activating group) is 1. The molecule has 4 rings (SSSR count). The predicted molar refractivity (Wildman–Crippen MR) is 132 cm³/mol. The number of thiazole rings is 1. The van der Waals surface area contributed by atoms with Gasteiger partial charge in [-0.25, -0.2) is 4.39 Å². The molecule has 1 amide bonds. The molecule has 2 heterocycles. The van der Waals surface area contributed by atoms with E-state index in [0.29, 0.717) is 33.9 Å². The summed E-state index contributed by atoms with van der Waals surface area (Å²) >= 11 is 7.14. The molecule has 0 radical (unpaired) electrons. The van der Waals surface area contributed by atoms with Crippen LogP contribution in [0.1, 0.15) is 12.5 Å². The number of hydrogen-bond donors (Lipinski definition) is 0. The number of nitrogens with zero attached hydrogens (tertiary/aromatic N) is 4. The number of carbonyl (C=O) groups is 1. The molecular formula is C25H22ClFN4O2S. The van der Waals surface area contributed by atoms with Gasteiger partial charge in [-0.05, 0) is 54.6 Å². The van der Waals surface area contributed by atoms with Gasteiger partial charge in [0.05, 0.1) is 10.2 Å². The third-order valence-corrected chi connectivity index (χ3v) is 7.03. The highest BCUT2D eigenvalue weighted by atomic mass is 35.5. The van der Waals surface area contributed by atoms with Crippen molar-refractivity contribution in [3.8, 4) is 11.8 Å². The lowest BCUT2D eigenvalue weighted by Gasteiger charge is -2.33. The minimum absolute atomic E-state index is 0.109. The highest BCUT2D eigenvalue weighted by Crippen LogP contribution is 2.12. The van der Waals surface area contributed by atoms with Crippen molar-refractivity contribution in [1.82, 2.24) is 14.4 Å². The first-order chi connectivity index (χ1) is 16.4. The van der Waals surface area contributed by atoms with E-state index in [1.54, 1.807) is 35.2 Å². The number of piperazine rings is 1. The Morgan fingerprint density at radius 2 is 1.88 bits per heavy atom. The van der Waals surface area contributed by atoms with Crippen molar-refractivity contribution < 1.29 is 9.18 Å². The Morgan fingerprint density at radius 3 is 2.50 bits per heavy atom. The molecule has 1 aromatic heterocycles. The van der Waals surface area contributed by atoms with Gasteiger partial charge in [-0.2, -0.15) is 5.26 Å². The largest absolute Gasteiger partial charge is 0.335 e. The second-order valence-corrected chi connectivity index (χ2v) is 9.27. The molecule has 1 saturated heterocycles. The average molecular weight is 497 g/mol. The van der Waals surface area contributed by atoms with Crippen LogP contribution >= 0.6 is 22.9 Å². The molecule has 0 aliphatic carbocycles. The van der Waals surface area contributed by atoms with E-state index in [1.165, 1.54) is 28.8 Å². The quantitative estimate of drug-likeness (QED) is 0.556. The summed E-state index contributed by atoms with van der Waals surface area (Å²) in [6, 6.07) is 14.4.